The van der Waals surface area contributed by atoms with Crippen LogP contribution in [0, 0.1) is 0 Å². The molecule has 0 bridgehead atoms. The Morgan fingerprint density at radius 2 is 2.00 bits per heavy atom. The Balaban J connectivity index is 0. The topological polar surface area (TPSA) is 74.3 Å². The van der Waals surface area contributed by atoms with Crippen molar-refractivity contribution in [3.05, 3.63) is 4.72 Å². The largest absolute Gasteiger partial charge is 1.00 e. The zero-order valence-electron chi connectivity index (χ0n) is 5.66. The van der Waals surface area contributed by atoms with Crippen molar-refractivity contribution < 1.29 is 38.0 Å². The number of hydrogen-bond donors (Lipinski definition) is 1. The predicted molar refractivity (Wildman–Crippen MR) is 31.6 cm³/mol. The molecule has 0 saturated heterocycles. The first-order valence-electron chi connectivity index (χ1n) is 2.27. The summed E-state index contributed by atoms with van der Waals surface area (Å²) in [6.07, 6.45) is 0.705. The fourth-order valence-electron chi connectivity index (χ4n) is 0.219. The molecule has 6 heteroatoms. The first-order valence-corrected chi connectivity index (χ1v) is 3.78. The van der Waals surface area contributed by atoms with Crippen molar-refractivity contribution in [3.63, 3.8) is 0 Å². The van der Waals surface area contributed by atoms with Crippen LogP contribution in [0.15, 0.2) is 0 Å². The zero-order chi connectivity index (χ0) is 6.62. The van der Waals surface area contributed by atoms with Gasteiger partial charge in [-0.3, -0.25) is 0 Å². The van der Waals surface area contributed by atoms with Crippen LogP contribution in [0.3, 0.4) is 0 Å². The fourth-order valence-corrected chi connectivity index (χ4v) is 0.656. The van der Waals surface area contributed by atoms with Crippen LogP contribution in [0.2, 0.25) is 0 Å². The second-order valence-corrected chi connectivity index (χ2v) is 2.66. The first-order chi connectivity index (χ1) is 3.56. The van der Waals surface area contributed by atoms with Crippen molar-refractivity contribution >= 4 is 10.2 Å². The van der Waals surface area contributed by atoms with Gasteiger partial charge in [0.15, 0.2) is 0 Å². The van der Waals surface area contributed by atoms with Gasteiger partial charge in [-0.1, -0.05) is 13.3 Å². The van der Waals surface area contributed by atoms with Crippen LogP contribution in [0.25, 0.3) is 4.72 Å². The maximum Gasteiger partial charge on any atom is 1.00 e. The molecule has 50 valence electrons. The molecule has 0 aliphatic rings. The Bertz CT molecular complexity index is 144. The molecule has 0 aliphatic heterocycles. The molecule has 0 aliphatic carbocycles. The third kappa shape index (κ3) is 12.1. The van der Waals surface area contributed by atoms with Crippen molar-refractivity contribution in [3.8, 4) is 0 Å². The van der Waals surface area contributed by atoms with E-state index in [0.29, 0.717) is 13.0 Å². The minimum Gasteiger partial charge on any atom is -0.536 e. The predicted octanol–water partition coefficient (Wildman–Crippen LogP) is -3.02. The van der Waals surface area contributed by atoms with E-state index >= 15 is 0 Å². The normalized spacial score (nSPS) is 10.4. The van der Waals surface area contributed by atoms with Crippen LogP contribution >= 0.6 is 0 Å². The molecule has 4 nitrogen and oxygen atoms in total. The second-order valence-electron chi connectivity index (χ2n) is 1.37. The summed E-state index contributed by atoms with van der Waals surface area (Å²) >= 11 is 0. The molecular formula is C3H9N2NaO2S. The van der Waals surface area contributed by atoms with Gasteiger partial charge >= 0.3 is 29.6 Å². The van der Waals surface area contributed by atoms with Gasteiger partial charge in [0.25, 0.3) is 0 Å². The van der Waals surface area contributed by atoms with Gasteiger partial charge in [0, 0.05) is 0 Å². The SMILES string of the molecule is CCC[N-]S(N)(=O)=O.[Na+]. The smallest absolute Gasteiger partial charge is 0.536 e. The van der Waals surface area contributed by atoms with E-state index in [9.17, 15) is 8.42 Å². The van der Waals surface area contributed by atoms with Crippen LogP contribution in [0.4, 0.5) is 0 Å². The van der Waals surface area contributed by atoms with Gasteiger partial charge in [0.2, 0.25) is 0 Å². The van der Waals surface area contributed by atoms with Crippen molar-refractivity contribution in [1.29, 1.82) is 0 Å². The van der Waals surface area contributed by atoms with Crippen LogP contribution < -0.4 is 34.7 Å². The fraction of sp³-hybridized carbons (Fsp3) is 1.00. The molecule has 2 N–H and O–H groups in total. The molecule has 0 rings (SSSR count). The summed E-state index contributed by atoms with van der Waals surface area (Å²) in [6, 6.07) is 0. The van der Waals surface area contributed by atoms with E-state index in [1.54, 1.807) is 0 Å². The summed E-state index contributed by atoms with van der Waals surface area (Å²) in [6.45, 7) is 2.12. The molecule has 0 saturated carbocycles. The molecule has 9 heavy (non-hydrogen) atoms. The van der Waals surface area contributed by atoms with Crippen LogP contribution in [0.5, 0.6) is 0 Å². The Hall–Kier alpha value is 0.870. The minimum absolute atomic E-state index is 0. The quantitative estimate of drug-likeness (QED) is 0.446. The molecule has 0 heterocycles. The average Bonchev–Trinajstić information content (AvgIpc) is 1.59. The van der Waals surface area contributed by atoms with Crippen molar-refractivity contribution in [1.82, 2.24) is 0 Å². The zero-order valence-corrected chi connectivity index (χ0v) is 8.48. The number of hydrogen-bond acceptors (Lipinski definition) is 2. The Morgan fingerprint density at radius 1 is 1.56 bits per heavy atom. The van der Waals surface area contributed by atoms with E-state index in [1.165, 1.54) is 0 Å². The van der Waals surface area contributed by atoms with Crippen LogP contribution in [-0.4, -0.2) is 15.0 Å². The van der Waals surface area contributed by atoms with Gasteiger partial charge in [-0.25, -0.2) is 13.6 Å². The van der Waals surface area contributed by atoms with Gasteiger partial charge in [-0.2, -0.15) is 0 Å². The maximum absolute atomic E-state index is 10.0. The standard InChI is InChI=1S/C3H9N2O2S.Na/c1-2-3-5-8(4,6)7;/h2-3H2,1H3,(H2,4,6,7);/q-1;+1. The molecule has 0 atom stereocenters. The van der Waals surface area contributed by atoms with Crippen molar-refractivity contribution in [2.75, 3.05) is 6.54 Å². The summed E-state index contributed by atoms with van der Waals surface area (Å²) < 4.78 is 23.1. The van der Waals surface area contributed by atoms with Gasteiger partial charge in [0.05, 0.1) is 0 Å². The monoisotopic (exact) mass is 160 g/mol. The molecule has 0 aromatic heterocycles. The molecule has 0 aromatic rings. The summed E-state index contributed by atoms with van der Waals surface area (Å²) in [5.74, 6) is 0. The minimum atomic E-state index is -3.56. The molecular weight excluding hydrogens is 151 g/mol. The third-order valence-corrected chi connectivity index (χ3v) is 1.04. The van der Waals surface area contributed by atoms with Gasteiger partial charge < -0.3 is 4.72 Å². The summed E-state index contributed by atoms with van der Waals surface area (Å²) in [5, 5.41) is 4.53. The Labute approximate surface area is 77.7 Å². The number of nitrogens with zero attached hydrogens (tertiary/aromatic N) is 1. The Morgan fingerprint density at radius 3 is 2.11 bits per heavy atom. The summed E-state index contributed by atoms with van der Waals surface area (Å²) in [5.41, 5.74) is 0. The van der Waals surface area contributed by atoms with Gasteiger partial charge in [0.1, 0.15) is 10.2 Å². The molecule has 0 aromatic carbocycles. The molecule has 0 spiro atoms. The van der Waals surface area contributed by atoms with Gasteiger partial charge in [-0.05, 0) is 0 Å². The van der Waals surface area contributed by atoms with Crippen LogP contribution in [-0.2, 0) is 10.2 Å². The van der Waals surface area contributed by atoms with E-state index in [1.807, 2.05) is 6.92 Å². The molecule has 0 amide bonds. The third-order valence-electron chi connectivity index (χ3n) is 0.495. The maximum atomic E-state index is 10.0. The number of rotatable bonds is 3. The van der Waals surface area contributed by atoms with Gasteiger partial charge in [-0.15, -0.1) is 6.54 Å². The molecule has 0 fully saturated rings. The Kier molecular flexibility index (Phi) is 7.86. The van der Waals surface area contributed by atoms with E-state index in [0.717, 1.165) is 0 Å². The number of nitrogens with two attached hydrogens (primary N) is 1. The average molecular weight is 160 g/mol. The molecule has 0 unspecified atom stereocenters. The van der Waals surface area contributed by atoms with Crippen LogP contribution in [0.1, 0.15) is 13.3 Å². The first kappa shape index (κ1) is 12.5. The van der Waals surface area contributed by atoms with E-state index < -0.39 is 10.2 Å². The summed E-state index contributed by atoms with van der Waals surface area (Å²) in [7, 11) is -3.56. The van der Waals surface area contributed by atoms with Crippen molar-refractivity contribution in [2.24, 2.45) is 5.14 Å². The second kappa shape index (κ2) is 5.64. The van der Waals surface area contributed by atoms with E-state index in [-0.39, 0.29) is 29.6 Å². The van der Waals surface area contributed by atoms with E-state index in [4.69, 9.17) is 0 Å². The van der Waals surface area contributed by atoms with E-state index in [2.05, 4.69) is 9.86 Å². The van der Waals surface area contributed by atoms with Crippen molar-refractivity contribution in [2.45, 2.75) is 13.3 Å². The summed E-state index contributed by atoms with van der Waals surface area (Å²) in [4.78, 5) is 0. The molecule has 0 radical (unpaired) electrons.